The first-order valence-corrected chi connectivity index (χ1v) is 10.3. The Labute approximate surface area is 166 Å². The van der Waals surface area contributed by atoms with E-state index in [9.17, 15) is 9.59 Å². The Bertz CT molecular complexity index is 736. The number of hydrogen-bond acceptors (Lipinski definition) is 2. The van der Waals surface area contributed by atoms with Crippen LogP contribution in [0, 0.1) is 10.8 Å². The van der Waals surface area contributed by atoms with Gasteiger partial charge in [-0.25, -0.2) is 0 Å². The van der Waals surface area contributed by atoms with Gasteiger partial charge in [0.2, 0.25) is 11.8 Å². The van der Waals surface area contributed by atoms with Crippen molar-refractivity contribution in [2.45, 2.75) is 51.6 Å². The van der Waals surface area contributed by atoms with E-state index in [2.05, 4.69) is 10.6 Å². The van der Waals surface area contributed by atoms with Crippen molar-refractivity contribution < 1.29 is 9.59 Å². The topological polar surface area (TPSA) is 58.2 Å². The summed E-state index contributed by atoms with van der Waals surface area (Å²) in [4.78, 5) is 25.8. The normalized spacial score (nSPS) is 25.9. The van der Waals surface area contributed by atoms with E-state index < -0.39 is 0 Å². The van der Waals surface area contributed by atoms with Crippen LogP contribution in [0.15, 0.2) is 60.7 Å². The molecule has 0 radical (unpaired) electrons. The zero-order chi connectivity index (χ0) is 19.5. The second-order valence-electron chi connectivity index (χ2n) is 8.40. The average Bonchev–Trinajstić information content (AvgIpc) is 2.78. The van der Waals surface area contributed by atoms with Crippen molar-refractivity contribution in [3.63, 3.8) is 0 Å². The number of benzene rings is 2. The number of hydrogen-bond donors (Lipinski definition) is 2. The number of carbonyl (C=O) groups excluding carboxylic acids is 2. The van der Waals surface area contributed by atoms with Gasteiger partial charge in [0, 0.05) is 23.9 Å². The van der Waals surface area contributed by atoms with Crippen molar-refractivity contribution in [1.29, 1.82) is 0 Å². The van der Waals surface area contributed by atoms with Gasteiger partial charge in [-0.1, -0.05) is 60.7 Å². The molecule has 3 aliphatic carbocycles. The van der Waals surface area contributed by atoms with Crippen molar-refractivity contribution in [1.82, 2.24) is 10.6 Å². The molecule has 146 valence electrons. The van der Waals surface area contributed by atoms with Gasteiger partial charge in [0.25, 0.3) is 0 Å². The van der Waals surface area contributed by atoms with Crippen molar-refractivity contribution in [3.8, 4) is 0 Å². The highest BCUT2D eigenvalue weighted by molar-refractivity contribution is 5.87. The van der Waals surface area contributed by atoms with Crippen LogP contribution in [0.1, 0.15) is 49.7 Å². The van der Waals surface area contributed by atoms with Crippen molar-refractivity contribution >= 4 is 11.8 Å². The minimum absolute atomic E-state index is 0.161. The van der Waals surface area contributed by atoms with Crippen LogP contribution in [-0.2, 0) is 22.7 Å². The summed E-state index contributed by atoms with van der Waals surface area (Å²) in [5.41, 5.74) is 1.67. The fraction of sp³-hybridized carbons (Fsp3) is 0.417. The zero-order valence-corrected chi connectivity index (χ0v) is 16.2. The molecule has 3 saturated carbocycles. The lowest BCUT2D eigenvalue weighted by Crippen LogP contribution is -2.54. The maximum Gasteiger partial charge on any atom is 0.226 e. The average molecular weight is 377 g/mol. The molecule has 2 aromatic rings. The van der Waals surface area contributed by atoms with Gasteiger partial charge in [0.15, 0.2) is 0 Å². The SMILES string of the molecule is O=C(NCc1ccccc1)C12CCC(C(=O)NCc3ccccc3)(CC1)CC2. The lowest BCUT2D eigenvalue weighted by molar-refractivity contribution is -0.150. The van der Waals surface area contributed by atoms with Gasteiger partial charge in [-0.05, 0) is 49.7 Å². The van der Waals surface area contributed by atoms with Gasteiger partial charge in [0.1, 0.15) is 0 Å². The van der Waals surface area contributed by atoms with Crippen LogP contribution in [0.2, 0.25) is 0 Å². The summed E-state index contributed by atoms with van der Waals surface area (Å²) in [6.07, 6.45) is 4.87. The fourth-order valence-electron chi connectivity index (χ4n) is 4.80. The third-order valence-corrected chi connectivity index (χ3v) is 6.80. The van der Waals surface area contributed by atoms with Crippen LogP contribution in [0.25, 0.3) is 0 Å². The number of rotatable bonds is 6. The Hall–Kier alpha value is -2.62. The van der Waals surface area contributed by atoms with Crippen LogP contribution < -0.4 is 10.6 Å². The highest BCUT2D eigenvalue weighted by Gasteiger charge is 2.55. The predicted octanol–water partition coefficient (Wildman–Crippen LogP) is 3.96. The molecule has 0 spiro atoms. The minimum atomic E-state index is -0.282. The molecule has 0 heterocycles. The third kappa shape index (κ3) is 3.68. The van der Waals surface area contributed by atoms with E-state index in [0.717, 1.165) is 49.7 Å². The summed E-state index contributed by atoms with van der Waals surface area (Å²) in [6, 6.07) is 20.0. The second kappa shape index (κ2) is 7.78. The van der Waals surface area contributed by atoms with E-state index in [0.29, 0.717) is 13.1 Å². The highest BCUT2D eigenvalue weighted by atomic mass is 16.2. The van der Waals surface area contributed by atoms with Gasteiger partial charge in [-0.15, -0.1) is 0 Å². The predicted molar refractivity (Wildman–Crippen MR) is 109 cm³/mol. The number of fused-ring (bicyclic) bond motifs is 3. The van der Waals surface area contributed by atoms with Gasteiger partial charge in [-0.2, -0.15) is 0 Å². The van der Waals surface area contributed by atoms with E-state index in [1.54, 1.807) is 0 Å². The summed E-state index contributed by atoms with van der Waals surface area (Å²) in [7, 11) is 0. The van der Waals surface area contributed by atoms with Crippen LogP contribution in [0.5, 0.6) is 0 Å². The van der Waals surface area contributed by atoms with Crippen LogP contribution >= 0.6 is 0 Å². The largest absolute Gasteiger partial charge is 0.352 e. The van der Waals surface area contributed by atoms with Crippen molar-refractivity contribution in [2.24, 2.45) is 10.8 Å². The van der Waals surface area contributed by atoms with E-state index >= 15 is 0 Å². The van der Waals surface area contributed by atoms with E-state index in [-0.39, 0.29) is 22.6 Å². The molecule has 2 bridgehead atoms. The summed E-state index contributed by atoms with van der Waals surface area (Å²) < 4.78 is 0. The molecule has 28 heavy (non-hydrogen) atoms. The molecule has 3 fully saturated rings. The Morgan fingerprint density at radius 3 is 1.25 bits per heavy atom. The maximum atomic E-state index is 12.9. The Balaban J connectivity index is 1.32. The van der Waals surface area contributed by atoms with E-state index in [4.69, 9.17) is 0 Å². The quantitative estimate of drug-likeness (QED) is 0.802. The number of amides is 2. The van der Waals surface area contributed by atoms with E-state index in [1.807, 2.05) is 60.7 Å². The molecular formula is C24H28N2O2. The third-order valence-electron chi connectivity index (χ3n) is 6.80. The monoisotopic (exact) mass is 376 g/mol. The van der Waals surface area contributed by atoms with Gasteiger partial charge in [0.05, 0.1) is 0 Å². The molecule has 0 unspecified atom stereocenters. The summed E-state index contributed by atoms with van der Waals surface area (Å²) >= 11 is 0. The standard InChI is InChI=1S/C24H28N2O2/c27-21(25-17-19-7-3-1-4-8-19)23-11-14-24(15-12-23,16-13-23)22(28)26-18-20-9-5-2-6-10-20/h1-10H,11-18H2,(H,25,27)(H,26,28). The summed E-state index contributed by atoms with van der Waals surface area (Å²) in [5, 5.41) is 6.27. The van der Waals surface area contributed by atoms with Crippen molar-refractivity contribution in [2.75, 3.05) is 0 Å². The molecule has 2 aromatic carbocycles. The first-order valence-electron chi connectivity index (χ1n) is 10.3. The van der Waals surface area contributed by atoms with Gasteiger partial charge < -0.3 is 10.6 Å². The molecule has 4 nitrogen and oxygen atoms in total. The lowest BCUT2D eigenvalue weighted by Gasteiger charge is -2.51. The van der Waals surface area contributed by atoms with Gasteiger partial charge in [-0.3, -0.25) is 9.59 Å². The molecule has 0 aliphatic heterocycles. The molecule has 4 heteroatoms. The van der Waals surface area contributed by atoms with Crippen LogP contribution in [0.3, 0.4) is 0 Å². The second-order valence-corrected chi connectivity index (χ2v) is 8.40. The molecular weight excluding hydrogens is 348 g/mol. The first kappa shape index (κ1) is 18.7. The minimum Gasteiger partial charge on any atom is -0.352 e. The first-order chi connectivity index (χ1) is 13.6. The fourth-order valence-corrected chi connectivity index (χ4v) is 4.80. The molecule has 2 N–H and O–H groups in total. The van der Waals surface area contributed by atoms with Gasteiger partial charge >= 0.3 is 0 Å². The van der Waals surface area contributed by atoms with Crippen LogP contribution in [0.4, 0.5) is 0 Å². The molecule has 5 rings (SSSR count). The maximum absolute atomic E-state index is 12.9. The van der Waals surface area contributed by atoms with Crippen LogP contribution in [-0.4, -0.2) is 11.8 Å². The Kier molecular flexibility index (Phi) is 5.21. The van der Waals surface area contributed by atoms with E-state index in [1.165, 1.54) is 0 Å². The van der Waals surface area contributed by atoms with Crippen molar-refractivity contribution in [3.05, 3.63) is 71.8 Å². The number of carbonyl (C=O) groups is 2. The molecule has 0 aromatic heterocycles. The molecule has 0 atom stereocenters. The Morgan fingerprint density at radius 2 is 0.929 bits per heavy atom. The lowest BCUT2D eigenvalue weighted by atomic mass is 9.53. The summed E-state index contributed by atoms with van der Waals surface area (Å²) in [6.45, 7) is 1.15. The molecule has 2 amide bonds. The summed E-state index contributed by atoms with van der Waals surface area (Å²) in [5.74, 6) is 0.323. The Morgan fingerprint density at radius 1 is 0.607 bits per heavy atom. The molecule has 3 aliphatic rings. The smallest absolute Gasteiger partial charge is 0.226 e. The number of nitrogens with one attached hydrogen (secondary N) is 2. The highest BCUT2D eigenvalue weighted by Crippen LogP contribution is 2.57. The molecule has 0 saturated heterocycles. The zero-order valence-electron chi connectivity index (χ0n) is 16.2.